The van der Waals surface area contributed by atoms with Crippen molar-refractivity contribution < 1.29 is 23.6 Å². The van der Waals surface area contributed by atoms with Crippen LogP contribution in [-0.2, 0) is 16.5 Å². The van der Waals surface area contributed by atoms with Gasteiger partial charge in [0.1, 0.15) is 21.5 Å². The van der Waals surface area contributed by atoms with Gasteiger partial charge in [0.2, 0.25) is 5.88 Å². The number of benzene rings is 5. The van der Waals surface area contributed by atoms with Crippen LogP contribution in [0, 0.1) is 6.92 Å². The third-order valence-corrected chi connectivity index (χ3v) is 9.63. The van der Waals surface area contributed by atoms with Crippen LogP contribution in [0.15, 0.2) is 148 Å². The van der Waals surface area contributed by atoms with Crippen LogP contribution in [0.25, 0.3) is 39.3 Å². The summed E-state index contributed by atoms with van der Waals surface area (Å²) in [6.07, 6.45) is 6.11. The molecule has 5 aromatic carbocycles. The molecule has 0 unspecified atom stereocenters. The van der Waals surface area contributed by atoms with Crippen LogP contribution in [0.3, 0.4) is 0 Å². The lowest BCUT2D eigenvalue weighted by molar-refractivity contribution is 0.439. The molecule has 2 heterocycles. The molecule has 7 heteroatoms. The molecule has 0 saturated heterocycles. The largest absolute Gasteiger partial charge is 1.00 e. The summed E-state index contributed by atoms with van der Waals surface area (Å²) < 4.78 is 43.9. The van der Waals surface area contributed by atoms with Crippen molar-refractivity contribution in [2.75, 3.05) is 11.4 Å². The number of hydrogen-bond donors (Lipinski definition) is 0. The predicted molar refractivity (Wildman–Crippen MR) is 203 cm³/mol. The second-order valence-corrected chi connectivity index (χ2v) is 13.5. The number of ether oxygens (including phenoxy) is 1. The monoisotopic (exact) mass is 683 g/mol. The number of allylic oxidation sites excluding steroid dienone is 2. The highest BCUT2D eigenvalue weighted by atomic mass is 32.2. The van der Waals surface area contributed by atoms with E-state index in [2.05, 4.69) is 129 Å². The molecule has 0 N–H and O–H groups in total. The molecule has 0 aliphatic carbocycles. The molecule has 1 aliphatic rings. The molecular weight excluding hydrogens is 643 g/mol. The van der Waals surface area contributed by atoms with Crippen LogP contribution < -0.4 is 9.64 Å². The molecule has 0 bridgehead atoms. The van der Waals surface area contributed by atoms with Crippen LogP contribution in [0.5, 0.6) is 5.75 Å². The number of fused-ring (bicyclic) bond motifs is 2. The maximum Gasteiger partial charge on any atom is 0.200 e. The Kier molecular flexibility index (Phi) is 10.4. The van der Waals surface area contributed by atoms with E-state index in [0.717, 1.165) is 59.2 Å². The Balaban J connectivity index is 0.000000361. The lowest BCUT2D eigenvalue weighted by atomic mass is 10.0. The highest BCUT2D eigenvalue weighted by Gasteiger charge is 2.26. The lowest BCUT2D eigenvalue weighted by Gasteiger charge is -2.16. The first-order valence-electron chi connectivity index (χ1n) is 16.9. The van der Waals surface area contributed by atoms with Gasteiger partial charge in [-0.15, -0.1) is 0 Å². The summed E-state index contributed by atoms with van der Waals surface area (Å²) in [7, 11) is -4.27. The van der Waals surface area contributed by atoms with E-state index in [1.165, 1.54) is 45.3 Å². The number of rotatable bonds is 8. The van der Waals surface area contributed by atoms with Crippen molar-refractivity contribution in [1.29, 1.82) is 0 Å². The van der Waals surface area contributed by atoms with Crippen LogP contribution >= 0.6 is 0 Å². The van der Waals surface area contributed by atoms with Crippen molar-refractivity contribution in [2.45, 2.75) is 45.4 Å². The Morgan fingerprint density at radius 1 is 0.780 bits per heavy atom. The first-order chi connectivity index (χ1) is 24.2. The molecule has 0 amide bonds. The SMILES string of the molecule is CCC(=Cc1oc2ccc(-c3ccccc3)cc2c1CC)C=C1Oc2ccc(-c3ccccc3)cc2N1CC.Cc1ccc(S(=O)(=O)[O-])cc1.[H-]. The Morgan fingerprint density at radius 2 is 1.40 bits per heavy atom. The quantitative estimate of drug-likeness (QED) is 0.149. The molecule has 1 aromatic heterocycles. The van der Waals surface area contributed by atoms with Gasteiger partial charge in [0, 0.05) is 23.6 Å². The van der Waals surface area contributed by atoms with Gasteiger partial charge in [0.05, 0.1) is 10.6 Å². The molecule has 6 nitrogen and oxygen atoms in total. The van der Waals surface area contributed by atoms with E-state index in [9.17, 15) is 13.0 Å². The van der Waals surface area contributed by atoms with Crippen LogP contribution in [-0.4, -0.2) is 19.5 Å². The fourth-order valence-electron chi connectivity index (χ4n) is 6.08. The van der Waals surface area contributed by atoms with Crippen LogP contribution in [0.2, 0.25) is 0 Å². The fraction of sp³-hybridized carbons (Fsp3) is 0.163. The maximum atomic E-state index is 10.4. The second-order valence-electron chi connectivity index (χ2n) is 12.1. The molecule has 50 heavy (non-hydrogen) atoms. The van der Waals surface area contributed by atoms with Crippen LogP contribution in [0.4, 0.5) is 5.69 Å². The average Bonchev–Trinajstić information content (AvgIpc) is 3.67. The number of hydrogen-bond acceptors (Lipinski definition) is 6. The fourth-order valence-corrected chi connectivity index (χ4v) is 6.55. The summed E-state index contributed by atoms with van der Waals surface area (Å²) in [6.45, 7) is 9.18. The molecule has 0 spiro atoms. The predicted octanol–water partition coefficient (Wildman–Crippen LogP) is 10.9. The molecule has 6 aromatic rings. The van der Waals surface area contributed by atoms with Gasteiger partial charge >= 0.3 is 0 Å². The van der Waals surface area contributed by atoms with Gasteiger partial charge in [0.15, 0.2) is 5.75 Å². The Labute approximate surface area is 296 Å². The normalized spacial score (nSPS) is 13.6. The van der Waals surface area contributed by atoms with Crippen molar-refractivity contribution in [3.63, 3.8) is 0 Å². The van der Waals surface area contributed by atoms with Crippen molar-refractivity contribution >= 4 is 32.9 Å². The zero-order chi connectivity index (χ0) is 35.3. The summed E-state index contributed by atoms with van der Waals surface area (Å²) in [5, 5.41) is 1.18. The van der Waals surface area contributed by atoms with Crippen molar-refractivity contribution in [1.82, 2.24) is 0 Å². The highest BCUT2D eigenvalue weighted by molar-refractivity contribution is 7.85. The molecule has 7 rings (SSSR count). The number of nitrogens with zero attached hydrogens (tertiary/aromatic N) is 1. The third-order valence-electron chi connectivity index (χ3n) is 8.78. The van der Waals surface area contributed by atoms with Crippen molar-refractivity contribution in [2.24, 2.45) is 0 Å². The van der Waals surface area contributed by atoms with Gasteiger partial charge in [-0.05, 0) is 97.0 Å². The Hall–Kier alpha value is -5.37. The summed E-state index contributed by atoms with van der Waals surface area (Å²) in [5.41, 5.74) is 10.2. The van der Waals surface area contributed by atoms with E-state index >= 15 is 0 Å². The molecule has 256 valence electrons. The second kappa shape index (κ2) is 15.0. The minimum Gasteiger partial charge on any atom is -1.00 e. The Morgan fingerprint density at radius 3 is 1.98 bits per heavy atom. The Bertz CT molecular complexity index is 2280. The molecule has 0 radical (unpaired) electrons. The molecule has 0 saturated carbocycles. The molecule has 0 atom stereocenters. The lowest BCUT2D eigenvalue weighted by Crippen LogP contribution is -2.19. The average molecular weight is 684 g/mol. The first-order valence-corrected chi connectivity index (χ1v) is 18.3. The molecule has 1 aliphatic heterocycles. The van der Waals surface area contributed by atoms with Gasteiger partial charge < -0.3 is 20.0 Å². The molecule has 0 fully saturated rings. The summed E-state index contributed by atoms with van der Waals surface area (Å²) >= 11 is 0. The van der Waals surface area contributed by atoms with Crippen LogP contribution in [0.1, 0.15) is 45.5 Å². The number of anilines is 1. The number of aryl methyl sites for hydroxylation is 2. The van der Waals surface area contributed by atoms with Gasteiger partial charge in [-0.25, -0.2) is 8.42 Å². The van der Waals surface area contributed by atoms with Gasteiger partial charge in [-0.2, -0.15) is 0 Å². The minimum absolute atomic E-state index is 0. The first kappa shape index (κ1) is 34.5. The van der Waals surface area contributed by atoms with Gasteiger partial charge in [-0.1, -0.05) is 104 Å². The van der Waals surface area contributed by atoms with E-state index < -0.39 is 10.1 Å². The smallest absolute Gasteiger partial charge is 0.200 e. The number of furan rings is 1. The van der Waals surface area contributed by atoms with Gasteiger partial charge in [0.25, 0.3) is 0 Å². The maximum absolute atomic E-state index is 10.4. The van der Waals surface area contributed by atoms with Crippen molar-refractivity contribution in [3.8, 4) is 28.0 Å². The summed E-state index contributed by atoms with van der Waals surface area (Å²) in [4.78, 5) is 2.07. The summed E-state index contributed by atoms with van der Waals surface area (Å²) in [6, 6.07) is 39.7. The minimum atomic E-state index is -4.27. The van der Waals surface area contributed by atoms with E-state index in [4.69, 9.17) is 9.15 Å². The third kappa shape index (κ3) is 7.59. The standard InChI is InChI=1S/C36H33NO2.C7H8O3S.H/c1-4-25(21-35-30(5-2)31-23-28(17-19-33(31)38-35)26-13-9-7-10-14-26)22-36-37(6-3)32-24-29(18-20-34(32)39-36)27-15-11-8-12-16-27;1-6-2-4-7(5-3-6)11(8,9)10;/h7-24H,4-6H2,1-3H3;2-5H,1H3,(H,8,9,10);/q;;-1/p-1. The van der Waals surface area contributed by atoms with E-state index in [-0.39, 0.29) is 6.32 Å². The van der Waals surface area contributed by atoms with E-state index in [0.29, 0.717) is 0 Å². The van der Waals surface area contributed by atoms with Gasteiger partial charge in [-0.3, -0.25) is 0 Å². The zero-order valence-electron chi connectivity index (χ0n) is 29.7. The topological polar surface area (TPSA) is 82.8 Å². The van der Waals surface area contributed by atoms with E-state index in [1.54, 1.807) is 12.1 Å². The summed E-state index contributed by atoms with van der Waals surface area (Å²) in [5.74, 6) is 2.67. The highest BCUT2D eigenvalue weighted by Crippen LogP contribution is 2.42. The molecular formula is C43H41NO5S-2. The van der Waals surface area contributed by atoms with Crippen molar-refractivity contribution in [3.05, 3.63) is 156 Å². The van der Waals surface area contributed by atoms with E-state index in [1.807, 2.05) is 13.0 Å². The zero-order valence-corrected chi connectivity index (χ0v) is 29.5.